The summed E-state index contributed by atoms with van der Waals surface area (Å²) in [6.45, 7) is 4.29. The molecule has 3 rings (SSSR count). The first-order chi connectivity index (χ1) is 11.3. The van der Waals surface area contributed by atoms with Crippen LogP contribution >= 0.6 is 0 Å². The number of aliphatic hydroxyl groups excluding tert-OH is 2. The van der Waals surface area contributed by atoms with E-state index in [9.17, 15) is 15.3 Å². The monoisotopic (exact) mass is 333 g/mol. The first-order valence-electron chi connectivity index (χ1n) is 9.25. The summed E-state index contributed by atoms with van der Waals surface area (Å²) in [6.07, 6.45) is 4.97. The molecule has 0 bridgehead atoms. The number of fused-ring (bicyclic) bond motifs is 1. The second-order valence-electron chi connectivity index (χ2n) is 8.17. The Bertz CT molecular complexity index is 601. The first kappa shape index (κ1) is 17.7. The Hall–Kier alpha value is -1.10. The summed E-state index contributed by atoms with van der Waals surface area (Å²) in [7, 11) is 0. The molecule has 2 aliphatic carbocycles. The van der Waals surface area contributed by atoms with Crippen LogP contribution in [0, 0.1) is 5.41 Å². The number of aliphatic hydroxyl groups is 2. The number of phenolic OH excluding ortho intramolecular Hbond substituents is 1. The number of aromatic hydroxyl groups is 1. The summed E-state index contributed by atoms with van der Waals surface area (Å²) in [5.74, 6) is 0.618. The van der Waals surface area contributed by atoms with E-state index in [1.165, 1.54) is 5.56 Å². The topological polar surface area (TPSA) is 86.7 Å². The SMILES string of the molecule is CC[C@H](CO)c1cc(O)ccc1[C@H]1CC[C@]2(C)C(O)CC[C@@]2(N)C1. The summed E-state index contributed by atoms with van der Waals surface area (Å²) >= 11 is 0. The van der Waals surface area contributed by atoms with Crippen LogP contribution in [0.3, 0.4) is 0 Å². The van der Waals surface area contributed by atoms with E-state index < -0.39 is 0 Å². The average Bonchev–Trinajstić information content (AvgIpc) is 2.80. The molecule has 4 heteroatoms. The zero-order valence-corrected chi connectivity index (χ0v) is 14.8. The van der Waals surface area contributed by atoms with Crippen LogP contribution in [0.1, 0.15) is 75.3 Å². The van der Waals surface area contributed by atoms with E-state index in [-0.39, 0.29) is 35.3 Å². The van der Waals surface area contributed by atoms with Gasteiger partial charge in [0, 0.05) is 23.5 Å². The van der Waals surface area contributed by atoms with Gasteiger partial charge < -0.3 is 21.1 Å². The molecule has 0 spiro atoms. The summed E-state index contributed by atoms with van der Waals surface area (Å²) in [5.41, 5.74) is 8.52. The van der Waals surface area contributed by atoms with Crippen molar-refractivity contribution < 1.29 is 15.3 Å². The van der Waals surface area contributed by atoms with Crippen LogP contribution in [-0.2, 0) is 0 Å². The predicted molar refractivity (Wildman–Crippen MR) is 95.1 cm³/mol. The maximum Gasteiger partial charge on any atom is 0.115 e. The lowest BCUT2D eigenvalue weighted by Crippen LogP contribution is -2.57. The van der Waals surface area contributed by atoms with Gasteiger partial charge in [0.15, 0.2) is 0 Å². The molecule has 2 saturated carbocycles. The highest BCUT2D eigenvalue weighted by atomic mass is 16.3. The van der Waals surface area contributed by atoms with E-state index in [4.69, 9.17) is 5.73 Å². The minimum atomic E-state index is -0.328. The van der Waals surface area contributed by atoms with Crippen molar-refractivity contribution in [3.63, 3.8) is 0 Å². The van der Waals surface area contributed by atoms with Gasteiger partial charge in [-0.15, -0.1) is 0 Å². The molecule has 0 heterocycles. The van der Waals surface area contributed by atoms with Crippen LogP contribution in [0.2, 0.25) is 0 Å². The fraction of sp³-hybridized carbons (Fsp3) is 0.700. The standard InChI is InChI=1S/C20H31NO3/c1-3-13(12-22)17-10-15(23)4-5-16(17)14-6-8-19(2)18(24)7-9-20(19,21)11-14/h4-5,10,13-14,18,22-24H,3,6-9,11-12,21H2,1-2H3/t13-,14+,18?,19-,20-/m1/s1. The molecule has 0 amide bonds. The van der Waals surface area contributed by atoms with Crippen molar-refractivity contribution in [1.29, 1.82) is 0 Å². The van der Waals surface area contributed by atoms with Crippen molar-refractivity contribution in [2.75, 3.05) is 6.61 Å². The fourth-order valence-electron chi connectivity index (χ4n) is 5.10. The maximum absolute atomic E-state index is 10.4. The minimum absolute atomic E-state index is 0.0447. The molecule has 1 unspecified atom stereocenters. The number of phenols is 1. The Morgan fingerprint density at radius 1 is 1.29 bits per heavy atom. The zero-order chi connectivity index (χ0) is 17.5. The van der Waals surface area contributed by atoms with E-state index in [2.05, 4.69) is 13.8 Å². The third-order valence-electron chi connectivity index (χ3n) is 7.02. The quantitative estimate of drug-likeness (QED) is 0.682. The van der Waals surface area contributed by atoms with Gasteiger partial charge in [0.2, 0.25) is 0 Å². The maximum atomic E-state index is 10.4. The van der Waals surface area contributed by atoms with Gasteiger partial charge in [-0.1, -0.05) is 19.9 Å². The van der Waals surface area contributed by atoms with E-state index >= 15 is 0 Å². The lowest BCUT2D eigenvalue weighted by Gasteiger charge is -2.49. The number of benzene rings is 1. The highest BCUT2D eigenvalue weighted by Gasteiger charge is 2.57. The second-order valence-corrected chi connectivity index (χ2v) is 8.17. The van der Waals surface area contributed by atoms with Gasteiger partial charge in [0.25, 0.3) is 0 Å². The smallest absolute Gasteiger partial charge is 0.115 e. The number of hydrogen-bond donors (Lipinski definition) is 4. The van der Waals surface area contributed by atoms with Gasteiger partial charge in [-0.2, -0.15) is 0 Å². The van der Waals surface area contributed by atoms with Gasteiger partial charge in [-0.05, 0) is 67.7 Å². The van der Waals surface area contributed by atoms with Gasteiger partial charge in [-0.3, -0.25) is 0 Å². The lowest BCUT2D eigenvalue weighted by molar-refractivity contribution is -0.00603. The van der Waals surface area contributed by atoms with Gasteiger partial charge in [-0.25, -0.2) is 0 Å². The van der Waals surface area contributed by atoms with Crippen molar-refractivity contribution in [3.8, 4) is 5.75 Å². The largest absolute Gasteiger partial charge is 0.508 e. The number of nitrogens with two attached hydrogens (primary N) is 1. The Morgan fingerprint density at radius 2 is 2.04 bits per heavy atom. The first-order valence-corrected chi connectivity index (χ1v) is 9.25. The van der Waals surface area contributed by atoms with Crippen molar-refractivity contribution >= 4 is 0 Å². The molecule has 1 aromatic rings. The molecule has 4 nitrogen and oxygen atoms in total. The minimum Gasteiger partial charge on any atom is -0.508 e. The Labute approximate surface area is 144 Å². The van der Waals surface area contributed by atoms with Gasteiger partial charge in [0.1, 0.15) is 5.75 Å². The molecule has 134 valence electrons. The van der Waals surface area contributed by atoms with Crippen LogP contribution in [0.25, 0.3) is 0 Å². The molecule has 24 heavy (non-hydrogen) atoms. The summed E-state index contributed by atoms with van der Waals surface area (Å²) in [5, 5.41) is 30.1. The van der Waals surface area contributed by atoms with E-state index in [1.54, 1.807) is 12.1 Å². The number of rotatable bonds is 4. The molecule has 5 N–H and O–H groups in total. The number of hydrogen-bond acceptors (Lipinski definition) is 4. The van der Waals surface area contributed by atoms with Crippen LogP contribution < -0.4 is 5.73 Å². The highest BCUT2D eigenvalue weighted by molar-refractivity contribution is 5.40. The Balaban J connectivity index is 1.94. The fourth-order valence-corrected chi connectivity index (χ4v) is 5.10. The van der Waals surface area contributed by atoms with Gasteiger partial charge >= 0.3 is 0 Å². The molecule has 5 atom stereocenters. The third-order valence-corrected chi connectivity index (χ3v) is 7.02. The Morgan fingerprint density at radius 3 is 2.71 bits per heavy atom. The lowest BCUT2D eigenvalue weighted by atomic mass is 9.59. The molecule has 2 fully saturated rings. The van der Waals surface area contributed by atoms with Crippen molar-refractivity contribution in [2.24, 2.45) is 11.1 Å². The van der Waals surface area contributed by atoms with E-state index in [0.29, 0.717) is 5.92 Å². The molecule has 0 aromatic heterocycles. The van der Waals surface area contributed by atoms with Crippen LogP contribution in [0.15, 0.2) is 18.2 Å². The second kappa shape index (κ2) is 6.32. The summed E-state index contributed by atoms with van der Waals surface area (Å²) < 4.78 is 0. The zero-order valence-electron chi connectivity index (χ0n) is 14.8. The van der Waals surface area contributed by atoms with Crippen molar-refractivity contribution in [3.05, 3.63) is 29.3 Å². The summed E-state index contributed by atoms with van der Waals surface area (Å²) in [4.78, 5) is 0. The van der Waals surface area contributed by atoms with Crippen molar-refractivity contribution in [1.82, 2.24) is 0 Å². The molecule has 2 aliphatic rings. The normalized spacial score (nSPS) is 37.2. The molecular formula is C20H31NO3. The Kier molecular flexibility index (Phi) is 4.67. The molecule has 1 aromatic carbocycles. The summed E-state index contributed by atoms with van der Waals surface area (Å²) in [6, 6.07) is 5.55. The van der Waals surface area contributed by atoms with Crippen LogP contribution in [-0.4, -0.2) is 33.6 Å². The van der Waals surface area contributed by atoms with Crippen LogP contribution in [0.5, 0.6) is 5.75 Å². The van der Waals surface area contributed by atoms with Gasteiger partial charge in [0.05, 0.1) is 6.10 Å². The molecule has 0 saturated heterocycles. The average molecular weight is 333 g/mol. The predicted octanol–water partition coefficient (Wildman–Crippen LogP) is 3.00. The van der Waals surface area contributed by atoms with E-state index in [0.717, 1.165) is 44.1 Å². The molecule has 0 aliphatic heterocycles. The molecular weight excluding hydrogens is 302 g/mol. The van der Waals surface area contributed by atoms with Crippen molar-refractivity contribution in [2.45, 2.75) is 75.9 Å². The highest BCUT2D eigenvalue weighted by Crippen LogP contribution is 2.57. The third kappa shape index (κ3) is 2.65. The van der Waals surface area contributed by atoms with Crippen LogP contribution in [0.4, 0.5) is 0 Å². The van der Waals surface area contributed by atoms with E-state index in [1.807, 2.05) is 6.07 Å². The molecule has 0 radical (unpaired) electrons.